The Balaban J connectivity index is 1.52. The van der Waals surface area contributed by atoms with Gasteiger partial charge in [0.05, 0.1) is 0 Å². The molecule has 1 aliphatic rings. The van der Waals surface area contributed by atoms with Crippen LogP contribution in [0.3, 0.4) is 0 Å². The fourth-order valence-corrected chi connectivity index (χ4v) is 2.86. The number of hydrogen-bond acceptors (Lipinski definition) is 4. The summed E-state index contributed by atoms with van der Waals surface area (Å²) in [5.41, 5.74) is 7.16. The number of anilines is 1. The lowest BCUT2D eigenvalue weighted by molar-refractivity contribution is -0.131. The standard InChI is InChI=1S/C18H22N4O/c19-16(15-6-2-1-3-7-15)14-18(23)22-12-10-21(11-13-22)17-8-4-5-9-20-17/h1-9,16H,10-14,19H2. The van der Waals surface area contributed by atoms with Gasteiger partial charge in [-0.25, -0.2) is 4.98 Å². The van der Waals surface area contributed by atoms with E-state index in [0.717, 1.165) is 37.6 Å². The van der Waals surface area contributed by atoms with E-state index in [9.17, 15) is 4.79 Å². The smallest absolute Gasteiger partial charge is 0.224 e. The van der Waals surface area contributed by atoms with E-state index in [4.69, 9.17) is 5.73 Å². The van der Waals surface area contributed by atoms with E-state index in [1.165, 1.54) is 0 Å². The minimum Gasteiger partial charge on any atom is -0.353 e. The maximum Gasteiger partial charge on any atom is 0.224 e. The third-order valence-corrected chi connectivity index (χ3v) is 4.23. The van der Waals surface area contributed by atoms with Crippen LogP contribution in [0.5, 0.6) is 0 Å². The van der Waals surface area contributed by atoms with E-state index in [1.807, 2.05) is 53.4 Å². The molecule has 1 aromatic carbocycles. The lowest BCUT2D eigenvalue weighted by Gasteiger charge is -2.35. The fourth-order valence-electron chi connectivity index (χ4n) is 2.86. The summed E-state index contributed by atoms with van der Waals surface area (Å²) in [6, 6.07) is 15.5. The molecule has 5 heteroatoms. The van der Waals surface area contributed by atoms with Gasteiger partial charge in [-0.1, -0.05) is 36.4 Å². The molecule has 2 heterocycles. The molecule has 1 atom stereocenters. The predicted octanol–water partition coefficient (Wildman–Crippen LogP) is 1.82. The molecule has 3 rings (SSSR count). The van der Waals surface area contributed by atoms with Crippen LogP contribution in [0.1, 0.15) is 18.0 Å². The summed E-state index contributed by atoms with van der Waals surface area (Å²) in [6.07, 6.45) is 2.15. The molecule has 120 valence electrons. The van der Waals surface area contributed by atoms with Crippen molar-refractivity contribution in [2.24, 2.45) is 5.73 Å². The van der Waals surface area contributed by atoms with Gasteiger partial charge in [-0.15, -0.1) is 0 Å². The lowest BCUT2D eigenvalue weighted by atomic mass is 10.0. The summed E-state index contributed by atoms with van der Waals surface area (Å²) in [6.45, 7) is 3.06. The Morgan fingerprint density at radius 2 is 1.74 bits per heavy atom. The van der Waals surface area contributed by atoms with Gasteiger partial charge in [0, 0.05) is 44.8 Å². The number of benzene rings is 1. The number of carbonyl (C=O) groups excluding carboxylic acids is 1. The highest BCUT2D eigenvalue weighted by Gasteiger charge is 2.23. The molecular formula is C18H22N4O. The molecule has 5 nitrogen and oxygen atoms in total. The molecule has 23 heavy (non-hydrogen) atoms. The van der Waals surface area contributed by atoms with Crippen LogP contribution >= 0.6 is 0 Å². The third kappa shape index (κ3) is 3.87. The minimum atomic E-state index is -0.238. The van der Waals surface area contributed by atoms with Crippen LogP contribution in [0.4, 0.5) is 5.82 Å². The quantitative estimate of drug-likeness (QED) is 0.936. The number of hydrogen-bond donors (Lipinski definition) is 1. The maximum atomic E-state index is 12.4. The summed E-state index contributed by atoms with van der Waals surface area (Å²) in [4.78, 5) is 20.9. The van der Waals surface area contributed by atoms with Crippen LogP contribution in [0.2, 0.25) is 0 Å². The Bertz CT molecular complexity index is 624. The molecule has 2 N–H and O–H groups in total. The van der Waals surface area contributed by atoms with E-state index < -0.39 is 0 Å². The maximum absolute atomic E-state index is 12.4. The van der Waals surface area contributed by atoms with Crippen molar-refractivity contribution in [2.45, 2.75) is 12.5 Å². The number of piperazine rings is 1. The average molecular weight is 310 g/mol. The highest BCUT2D eigenvalue weighted by atomic mass is 16.2. The Hall–Kier alpha value is -2.40. The zero-order valence-electron chi connectivity index (χ0n) is 13.1. The van der Waals surface area contributed by atoms with Crippen LogP contribution in [0.15, 0.2) is 54.7 Å². The number of carbonyl (C=O) groups is 1. The Kier molecular flexibility index (Phi) is 4.88. The van der Waals surface area contributed by atoms with E-state index in [0.29, 0.717) is 6.42 Å². The molecular weight excluding hydrogens is 288 g/mol. The Labute approximate surface area is 136 Å². The molecule has 0 bridgehead atoms. The van der Waals surface area contributed by atoms with E-state index in [1.54, 1.807) is 6.20 Å². The molecule has 1 aliphatic heterocycles. The molecule has 1 unspecified atom stereocenters. The van der Waals surface area contributed by atoms with Crippen molar-refractivity contribution in [1.29, 1.82) is 0 Å². The van der Waals surface area contributed by atoms with Crippen molar-refractivity contribution in [3.63, 3.8) is 0 Å². The van der Waals surface area contributed by atoms with Gasteiger partial charge in [0.15, 0.2) is 0 Å². The first-order valence-electron chi connectivity index (χ1n) is 7.98. The van der Waals surface area contributed by atoms with Crippen molar-refractivity contribution in [2.75, 3.05) is 31.1 Å². The number of aromatic nitrogens is 1. The van der Waals surface area contributed by atoms with E-state index in [2.05, 4.69) is 9.88 Å². The zero-order chi connectivity index (χ0) is 16.1. The van der Waals surface area contributed by atoms with Crippen molar-refractivity contribution in [3.05, 3.63) is 60.3 Å². The van der Waals surface area contributed by atoms with Gasteiger partial charge < -0.3 is 15.5 Å². The van der Waals surface area contributed by atoms with Gasteiger partial charge in [0.2, 0.25) is 5.91 Å². The SMILES string of the molecule is NC(CC(=O)N1CCN(c2ccccn2)CC1)c1ccccc1. The van der Waals surface area contributed by atoms with Crippen molar-refractivity contribution in [1.82, 2.24) is 9.88 Å². The Morgan fingerprint density at radius 3 is 2.39 bits per heavy atom. The summed E-state index contributed by atoms with van der Waals surface area (Å²) in [7, 11) is 0. The van der Waals surface area contributed by atoms with Gasteiger partial charge in [0.25, 0.3) is 0 Å². The molecule has 1 amide bonds. The first-order chi connectivity index (χ1) is 11.2. The van der Waals surface area contributed by atoms with E-state index >= 15 is 0 Å². The van der Waals surface area contributed by atoms with Crippen LogP contribution in [-0.4, -0.2) is 42.0 Å². The van der Waals surface area contributed by atoms with Gasteiger partial charge >= 0.3 is 0 Å². The number of nitrogens with two attached hydrogens (primary N) is 1. The second-order valence-electron chi connectivity index (χ2n) is 5.78. The highest BCUT2D eigenvalue weighted by Crippen LogP contribution is 2.17. The predicted molar refractivity (Wildman–Crippen MR) is 91.0 cm³/mol. The number of rotatable bonds is 4. The van der Waals surface area contributed by atoms with Crippen LogP contribution in [0, 0.1) is 0 Å². The molecule has 0 saturated carbocycles. The topological polar surface area (TPSA) is 62.5 Å². The first kappa shape index (κ1) is 15.5. The number of nitrogens with zero attached hydrogens (tertiary/aromatic N) is 3. The summed E-state index contributed by atoms with van der Waals surface area (Å²) >= 11 is 0. The largest absolute Gasteiger partial charge is 0.353 e. The molecule has 0 spiro atoms. The first-order valence-corrected chi connectivity index (χ1v) is 7.98. The second-order valence-corrected chi connectivity index (χ2v) is 5.78. The summed E-state index contributed by atoms with van der Waals surface area (Å²) in [5, 5.41) is 0. The molecule has 2 aromatic rings. The molecule has 0 radical (unpaired) electrons. The van der Waals surface area contributed by atoms with Crippen LogP contribution in [0.25, 0.3) is 0 Å². The van der Waals surface area contributed by atoms with Crippen LogP contribution < -0.4 is 10.6 Å². The lowest BCUT2D eigenvalue weighted by Crippen LogP contribution is -2.49. The fraction of sp³-hybridized carbons (Fsp3) is 0.333. The van der Waals surface area contributed by atoms with Crippen molar-refractivity contribution >= 4 is 11.7 Å². The normalized spacial score (nSPS) is 16.2. The van der Waals surface area contributed by atoms with Gasteiger partial charge in [0.1, 0.15) is 5.82 Å². The highest BCUT2D eigenvalue weighted by molar-refractivity contribution is 5.77. The molecule has 1 saturated heterocycles. The second kappa shape index (κ2) is 7.24. The summed E-state index contributed by atoms with van der Waals surface area (Å²) < 4.78 is 0. The molecule has 1 aromatic heterocycles. The molecule has 1 fully saturated rings. The van der Waals surface area contributed by atoms with Gasteiger partial charge in [-0.3, -0.25) is 4.79 Å². The van der Waals surface area contributed by atoms with Gasteiger partial charge in [-0.2, -0.15) is 0 Å². The minimum absolute atomic E-state index is 0.127. The molecule has 0 aliphatic carbocycles. The zero-order valence-corrected chi connectivity index (χ0v) is 13.1. The van der Waals surface area contributed by atoms with Gasteiger partial charge in [-0.05, 0) is 17.7 Å². The monoisotopic (exact) mass is 310 g/mol. The van der Waals surface area contributed by atoms with Crippen LogP contribution in [-0.2, 0) is 4.79 Å². The van der Waals surface area contributed by atoms with E-state index in [-0.39, 0.29) is 11.9 Å². The van der Waals surface area contributed by atoms with Crippen molar-refractivity contribution < 1.29 is 4.79 Å². The van der Waals surface area contributed by atoms with Crippen molar-refractivity contribution in [3.8, 4) is 0 Å². The Morgan fingerprint density at radius 1 is 1.04 bits per heavy atom. The number of pyridine rings is 1. The summed E-state index contributed by atoms with van der Waals surface area (Å²) in [5.74, 6) is 1.10. The average Bonchev–Trinajstić information content (AvgIpc) is 2.63. The number of amides is 1. The third-order valence-electron chi connectivity index (χ3n) is 4.23.